The fraction of sp³-hybridized carbons (Fsp3) is 0.350. The molecule has 0 bridgehead atoms. The molecule has 1 N–H and O–H groups in total. The predicted octanol–water partition coefficient (Wildman–Crippen LogP) is 3.41. The molecule has 0 unspecified atom stereocenters. The average molecular weight is 451 g/mol. The Bertz CT molecular complexity index is 1070. The monoisotopic (exact) mass is 451 g/mol. The van der Waals surface area contributed by atoms with Crippen molar-refractivity contribution in [1.29, 1.82) is 0 Å². The van der Waals surface area contributed by atoms with Crippen molar-refractivity contribution < 1.29 is 22.4 Å². The first-order chi connectivity index (χ1) is 15.1. The van der Waals surface area contributed by atoms with Gasteiger partial charge in [-0.1, -0.05) is 0 Å². The van der Waals surface area contributed by atoms with Gasteiger partial charge in [0.05, 0.1) is 23.5 Å². The van der Waals surface area contributed by atoms with E-state index in [1.807, 2.05) is 0 Å². The van der Waals surface area contributed by atoms with Crippen molar-refractivity contribution in [2.24, 2.45) is 0 Å². The number of amides is 1. The molecule has 3 rings (SSSR count). The van der Waals surface area contributed by atoms with Crippen LogP contribution >= 0.6 is 0 Å². The number of anilines is 1. The van der Waals surface area contributed by atoms with Gasteiger partial charge in [0, 0.05) is 44.5 Å². The molecule has 0 radical (unpaired) electrons. The molecule has 1 atom stereocenters. The molecular weight excluding hydrogens is 430 g/mol. The summed E-state index contributed by atoms with van der Waals surface area (Å²) in [6, 6.07) is 1.12. The number of rotatable bonds is 8. The lowest BCUT2D eigenvalue weighted by atomic mass is 10.1. The number of nitrogens with zero attached hydrogens (tertiary/aromatic N) is 6. The Hall–Kier alpha value is -3.57. The minimum Gasteiger partial charge on any atom is -0.352 e. The summed E-state index contributed by atoms with van der Waals surface area (Å²) >= 11 is 0. The number of hydrogen-bond donors (Lipinski definition) is 1. The number of benzene rings is 1. The molecule has 3 aromatic rings. The van der Waals surface area contributed by atoms with Crippen LogP contribution in [0.2, 0.25) is 0 Å². The first kappa shape index (κ1) is 23.1. The number of aromatic nitrogens is 5. The maximum Gasteiger partial charge on any atom is 0.273 e. The number of carbonyl (C=O) groups excluding carboxylic acids is 1. The Morgan fingerprint density at radius 2 is 1.81 bits per heavy atom. The fourth-order valence-corrected chi connectivity index (χ4v) is 3.07. The van der Waals surface area contributed by atoms with Gasteiger partial charge in [-0.2, -0.15) is 10.2 Å². The first-order valence-corrected chi connectivity index (χ1v) is 9.72. The van der Waals surface area contributed by atoms with Gasteiger partial charge in [0.2, 0.25) is 5.95 Å². The molecule has 0 aliphatic heterocycles. The summed E-state index contributed by atoms with van der Waals surface area (Å²) in [6.45, 7) is 4.56. The second-order valence-corrected chi connectivity index (χ2v) is 7.11. The van der Waals surface area contributed by atoms with Gasteiger partial charge in [-0.15, -0.1) is 4.80 Å². The van der Waals surface area contributed by atoms with Crippen LogP contribution in [0.4, 0.5) is 23.5 Å². The molecule has 0 aliphatic carbocycles. The highest BCUT2D eigenvalue weighted by atomic mass is 19.3. The average Bonchev–Trinajstić information content (AvgIpc) is 3.26. The third-order valence-corrected chi connectivity index (χ3v) is 4.73. The lowest BCUT2D eigenvalue weighted by molar-refractivity contribution is 0.0167. The highest BCUT2D eigenvalue weighted by Gasteiger charge is 2.27. The predicted molar refractivity (Wildman–Crippen MR) is 108 cm³/mol. The Kier molecular flexibility index (Phi) is 6.70. The summed E-state index contributed by atoms with van der Waals surface area (Å²) in [5, 5.41) is 10.6. The number of likely N-dealkylation sites (N-methyl/N-ethyl adjacent to an activating group) is 1. The van der Waals surface area contributed by atoms with Crippen molar-refractivity contribution in [1.82, 2.24) is 29.9 Å². The molecule has 0 spiro atoms. The third-order valence-electron chi connectivity index (χ3n) is 4.73. The highest BCUT2D eigenvalue weighted by molar-refractivity contribution is 5.98. The molecule has 1 aromatic carbocycles. The number of nitrogens with one attached hydrogen (secondary N) is 1. The molecule has 0 aliphatic rings. The topological polar surface area (TPSA) is 88.8 Å². The lowest BCUT2D eigenvalue weighted by Crippen LogP contribution is -2.42. The Morgan fingerprint density at radius 1 is 1.19 bits per heavy atom. The first-order valence-electron chi connectivity index (χ1n) is 9.72. The standard InChI is InChI=1S/C20H21F4N7O/c1-4-30(12(2)9-25-19-26-10-13(11-27-19)20(3,23)24)18(32)15-7-14(21)8-16(22)17(15)31-28-5-6-29-31/h5-8,10-12H,4,9H2,1-3H3,(H,25,26,27)/t12-/m0/s1. The quantitative estimate of drug-likeness (QED) is 0.528. The van der Waals surface area contributed by atoms with Crippen LogP contribution < -0.4 is 5.32 Å². The van der Waals surface area contributed by atoms with Crippen molar-refractivity contribution in [2.75, 3.05) is 18.4 Å². The minimum atomic E-state index is -3.06. The van der Waals surface area contributed by atoms with Gasteiger partial charge in [-0.05, 0) is 19.9 Å². The van der Waals surface area contributed by atoms with E-state index >= 15 is 0 Å². The molecule has 12 heteroatoms. The van der Waals surface area contributed by atoms with Gasteiger partial charge in [0.15, 0.2) is 5.82 Å². The Labute approximate surface area is 181 Å². The third kappa shape index (κ3) is 5.01. The Morgan fingerprint density at radius 3 is 2.38 bits per heavy atom. The molecule has 0 saturated heterocycles. The summed E-state index contributed by atoms with van der Waals surface area (Å²) in [5.41, 5.74) is -0.827. The van der Waals surface area contributed by atoms with Gasteiger partial charge in [0.25, 0.3) is 11.8 Å². The van der Waals surface area contributed by atoms with Crippen LogP contribution in [0.1, 0.15) is 36.7 Å². The minimum absolute atomic E-state index is 0.103. The van der Waals surface area contributed by atoms with E-state index in [4.69, 9.17) is 0 Å². The van der Waals surface area contributed by atoms with E-state index in [0.29, 0.717) is 6.07 Å². The van der Waals surface area contributed by atoms with Crippen LogP contribution in [-0.2, 0) is 5.92 Å². The SMILES string of the molecule is CCN(C(=O)c1cc(F)cc(F)c1-n1nccn1)[C@@H](C)CNc1ncc(C(C)(F)F)cn1. The van der Waals surface area contributed by atoms with E-state index in [1.165, 1.54) is 17.3 Å². The zero-order chi connectivity index (χ0) is 23.5. The van der Waals surface area contributed by atoms with Crippen LogP contribution in [0.15, 0.2) is 36.9 Å². The lowest BCUT2D eigenvalue weighted by Gasteiger charge is -2.29. The normalized spacial score (nSPS) is 12.5. The van der Waals surface area contributed by atoms with Crippen molar-refractivity contribution in [3.63, 3.8) is 0 Å². The number of halogens is 4. The van der Waals surface area contributed by atoms with Crippen LogP contribution in [0.25, 0.3) is 5.69 Å². The van der Waals surface area contributed by atoms with Gasteiger partial charge >= 0.3 is 0 Å². The molecule has 8 nitrogen and oxygen atoms in total. The number of alkyl halides is 2. The highest BCUT2D eigenvalue weighted by Crippen LogP contribution is 2.26. The van der Waals surface area contributed by atoms with Gasteiger partial charge in [0.1, 0.15) is 11.5 Å². The van der Waals surface area contributed by atoms with E-state index in [-0.39, 0.29) is 35.9 Å². The number of hydrogen-bond acceptors (Lipinski definition) is 6. The maximum atomic E-state index is 14.5. The van der Waals surface area contributed by atoms with Crippen LogP contribution in [-0.4, -0.2) is 54.9 Å². The van der Waals surface area contributed by atoms with Crippen LogP contribution in [0.5, 0.6) is 0 Å². The summed E-state index contributed by atoms with van der Waals surface area (Å²) in [5.74, 6) is -5.48. The maximum absolute atomic E-state index is 14.5. The fourth-order valence-electron chi connectivity index (χ4n) is 3.07. The van der Waals surface area contributed by atoms with Gasteiger partial charge in [-0.3, -0.25) is 4.79 Å². The molecule has 32 heavy (non-hydrogen) atoms. The molecule has 1 amide bonds. The zero-order valence-corrected chi connectivity index (χ0v) is 17.6. The second kappa shape index (κ2) is 9.28. The largest absolute Gasteiger partial charge is 0.352 e. The zero-order valence-electron chi connectivity index (χ0n) is 17.6. The summed E-state index contributed by atoms with van der Waals surface area (Å²) in [6.07, 6.45) is 4.64. The molecule has 170 valence electrons. The van der Waals surface area contributed by atoms with E-state index < -0.39 is 29.5 Å². The Balaban J connectivity index is 1.79. The smallest absolute Gasteiger partial charge is 0.273 e. The number of carbonyl (C=O) groups is 1. The summed E-state index contributed by atoms with van der Waals surface area (Å²) in [7, 11) is 0. The van der Waals surface area contributed by atoms with E-state index in [9.17, 15) is 22.4 Å². The van der Waals surface area contributed by atoms with Gasteiger partial charge in [-0.25, -0.2) is 27.5 Å². The van der Waals surface area contributed by atoms with Crippen molar-refractivity contribution in [3.8, 4) is 5.69 Å². The van der Waals surface area contributed by atoms with Crippen molar-refractivity contribution >= 4 is 11.9 Å². The van der Waals surface area contributed by atoms with E-state index in [1.54, 1.807) is 13.8 Å². The molecule has 2 heterocycles. The molecule has 2 aromatic heterocycles. The summed E-state index contributed by atoms with van der Waals surface area (Å²) in [4.78, 5) is 23.2. The molecule has 0 saturated carbocycles. The van der Waals surface area contributed by atoms with Crippen LogP contribution in [0, 0.1) is 11.6 Å². The second-order valence-electron chi connectivity index (χ2n) is 7.11. The molecular formula is C20H21F4N7O. The van der Waals surface area contributed by atoms with Crippen LogP contribution in [0.3, 0.4) is 0 Å². The van der Waals surface area contributed by atoms with Gasteiger partial charge < -0.3 is 10.2 Å². The molecule has 0 fully saturated rings. The van der Waals surface area contributed by atoms with Crippen molar-refractivity contribution in [3.05, 3.63) is 59.7 Å². The van der Waals surface area contributed by atoms with Crippen molar-refractivity contribution in [2.45, 2.75) is 32.7 Å². The van der Waals surface area contributed by atoms with E-state index in [2.05, 4.69) is 25.5 Å². The summed E-state index contributed by atoms with van der Waals surface area (Å²) < 4.78 is 55.0. The van der Waals surface area contributed by atoms with E-state index in [0.717, 1.165) is 30.2 Å².